The zero-order chi connectivity index (χ0) is 13.4. The molecular formula is C15H15N3O. The van der Waals surface area contributed by atoms with Crippen molar-refractivity contribution in [2.45, 2.75) is 13.5 Å². The third-order valence-corrected chi connectivity index (χ3v) is 3.26. The van der Waals surface area contributed by atoms with Crippen LogP contribution in [0.5, 0.6) is 5.75 Å². The minimum Gasteiger partial charge on any atom is -0.506 e. The predicted octanol–water partition coefficient (Wildman–Crippen LogP) is 3.01. The molecule has 19 heavy (non-hydrogen) atoms. The van der Waals surface area contributed by atoms with Crippen LogP contribution < -0.4 is 5.73 Å². The molecule has 3 aromatic rings. The molecule has 1 heterocycles. The van der Waals surface area contributed by atoms with E-state index < -0.39 is 0 Å². The number of fused-ring (bicyclic) bond motifs is 1. The number of hydrogen-bond donors (Lipinski definition) is 2. The molecule has 0 fully saturated rings. The second kappa shape index (κ2) is 4.31. The van der Waals surface area contributed by atoms with Gasteiger partial charge in [0.15, 0.2) is 0 Å². The number of imidazole rings is 1. The van der Waals surface area contributed by atoms with E-state index in [1.165, 1.54) is 0 Å². The summed E-state index contributed by atoms with van der Waals surface area (Å²) in [5.41, 5.74) is 9.10. The Hall–Kier alpha value is -2.49. The number of phenols is 1. The molecule has 3 N–H and O–H groups in total. The summed E-state index contributed by atoms with van der Waals surface area (Å²) in [5.74, 6) is 0.971. The van der Waals surface area contributed by atoms with Crippen molar-refractivity contribution in [2.75, 3.05) is 5.73 Å². The third-order valence-electron chi connectivity index (χ3n) is 3.26. The number of benzene rings is 2. The summed E-state index contributed by atoms with van der Waals surface area (Å²) in [6, 6.07) is 13.2. The number of nitrogens with two attached hydrogens (primary N) is 1. The molecule has 4 nitrogen and oxygen atoms in total. The van der Waals surface area contributed by atoms with Crippen LogP contribution in [-0.2, 0) is 6.54 Å². The zero-order valence-corrected chi connectivity index (χ0v) is 10.7. The molecule has 4 heteroatoms. The van der Waals surface area contributed by atoms with Crippen molar-refractivity contribution < 1.29 is 5.11 Å². The van der Waals surface area contributed by atoms with E-state index in [2.05, 4.69) is 22.5 Å². The monoisotopic (exact) mass is 253 g/mol. The fraction of sp³-hybridized carbons (Fsp3) is 0.133. The number of aromatic nitrogens is 2. The molecule has 2 aromatic carbocycles. The molecule has 0 saturated carbocycles. The number of hydrogen-bond acceptors (Lipinski definition) is 3. The van der Waals surface area contributed by atoms with Gasteiger partial charge in [-0.3, -0.25) is 0 Å². The van der Waals surface area contributed by atoms with Crippen LogP contribution in [0.2, 0.25) is 0 Å². The van der Waals surface area contributed by atoms with E-state index >= 15 is 0 Å². The maximum absolute atomic E-state index is 9.50. The average molecular weight is 253 g/mol. The van der Waals surface area contributed by atoms with Crippen molar-refractivity contribution in [3.05, 3.63) is 42.5 Å². The van der Waals surface area contributed by atoms with Crippen molar-refractivity contribution in [3.63, 3.8) is 0 Å². The highest BCUT2D eigenvalue weighted by molar-refractivity contribution is 5.81. The van der Waals surface area contributed by atoms with Crippen molar-refractivity contribution in [1.29, 1.82) is 0 Å². The van der Waals surface area contributed by atoms with E-state index in [-0.39, 0.29) is 5.75 Å². The lowest BCUT2D eigenvalue weighted by atomic mass is 10.2. The fourth-order valence-electron chi connectivity index (χ4n) is 2.31. The summed E-state index contributed by atoms with van der Waals surface area (Å²) in [4.78, 5) is 4.65. The van der Waals surface area contributed by atoms with Gasteiger partial charge in [-0.1, -0.05) is 12.1 Å². The molecular weight excluding hydrogens is 238 g/mol. The van der Waals surface area contributed by atoms with Gasteiger partial charge in [-0.05, 0) is 37.3 Å². The standard InChI is InChI=1S/C15H15N3O/c1-2-18-13-6-4-3-5-12(13)17-15(18)10-7-8-14(19)11(16)9-10/h3-9,19H,2,16H2,1H3. The Labute approximate surface area is 111 Å². The molecule has 0 aliphatic heterocycles. The van der Waals surface area contributed by atoms with E-state index in [4.69, 9.17) is 5.73 Å². The van der Waals surface area contributed by atoms with Crippen LogP contribution in [0, 0.1) is 0 Å². The Balaban J connectivity index is 2.26. The van der Waals surface area contributed by atoms with Gasteiger partial charge in [0.25, 0.3) is 0 Å². The molecule has 96 valence electrons. The van der Waals surface area contributed by atoms with Crippen LogP contribution >= 0.6 is 0 Å². The third kappa shape index (κ3) is 1.81. The molecule has 0 spiro atoms. The number of phenolic OH excluding ortho intramolecular Hbond substituents is 1. The first-order valence-corrected chi connectivity index (χ1v) is 6.25. The quantitative estimate of drug-likeness (QED) is 0.545. The van der Waals surface area contributed by atoms with Crippen molar-refractivity contribution >= 4 is 16.7 Å². The van der Waals surface area contributed by atoms with Crippen LogP contribution in [0.4, 0.5) is 5.69 Å². The summed E-state index contributed by atoms with van der Waals surface area (Å²) >= 11 is 0. The van der Waals surface area contributed by atoms with E-state index in [9.17, 15) is 5.11 Å². The van der Waals surface area contributed by atoms with E-state index in [1.54, 1.807) is 12.1 Å². The van der Waals surface area contributed by atoms with Crippen LogP contribution in [0.25, 0.3) is 22.4 Å². The van der Waals surface area contributed by atoms with Crippen molar-refractivity contribution in [2.24, 2.45) is 0 Å². The van der Waals surface area contributed by atoms with Gasteiger partial charge in [-0.25, -0.2) is 4.98 Å². The first kappa shape index (κ1) is 11.6. The number of rotatable bonds is 2. The summed E-state index contributed by atoms with van der Waals surface area (Å²) in [6.45, 7) is 2.91. The van der Waals surface area contributed by atoms with E-state index in [0.29, 0.717) is 5.69 Å². The zero-order valence-electron chi connectivity index (χ0n) is 10.7. The molecule has 0 amide bonds. The topological polar surface area (TPSA) is 64.1 Å². The molecule has 0 aliphatic rings. The predicted molar refractivity (Wildman–Crippen MR) is 76.9 cm³/mol. The summed E-state index contributed by atoms with van der Waals surface area (Å²) < 4.78 is 2.14. The number of para-hydroxylation sites is 2. The molecule has 0 unspecified atom stereocenters. The summed E-state index contributed by atoms with van der Waals surface area (Å²) in [6.07, 6.45) is 0. The molecule has 0 saturated heterocycles. The number of anilines is 1. The molecule has 0 aliphatic carbocycles. The lowest BCUT2D eigenvalue weighted by Gasteiger charge is -2.07. The van der Waals surface area contributed by atoms with Gasteiger partial charge in [0.2, 0.25) is 0 Å². The van der Waals surface area contributed by atoms with Gasteiger partial charge in [-0.2, -0.15) is 0 Å². The maximum atomic E-state index is 9.50. The fourth-order valence-corrected chi connectivity index (χ4v) is 2.31. The minimum atomic E-state index is 0.0999. The number of aryl methyl sites for hydroxylation is 1. The Bertz CT molecular complexity index is 746. The number of aromatic hydroxyl groups is 1. The van der Waals surface area contributed by atoms with Crippen LogP contribution in [-0.4, -0.2) is 14.7 Å². The van der Waals surface area contributed by atoms with Gasteiger partial charge < -0.3 is 15.4 Å². The second-order valence-electron chi connectivity index (χ2n) is 4.44. The molecule has 0 radical (unpaired) electrons. The maximum Gasteiger partial charge on any atom is 0.141 e. The van der Waals surface area contributed by atoms with Gasteiger partial charge in [0.1, 0.15) is 11.6 Å². The highest BCUT2D eigenvalue weighted by Gasteiger charge is 2.11. The van der Waals surface area contributed by atoms with E-state index in [1.807, 2.05) is 24.3 Å². The average Bonchev–Trinajstić information content (AvgIpc) is 2.80. The summed E-state index contributed by atoms with van der Waals surface area (Å²) in [5, 5.41) is 9.50. The van der Waals surface area contributed by atoms with E-state index in [0.717, 1.165) is 29.0 Å². The lowest BCUT2D eigenvalue weighted by Crippen LogP contribution is -1.98. The van der Waals surface area contributed by atoms with Crippen LogP contribution in [0.1, 0.15) is 6.92 Å². The highest BCUT2D eigenvalue weighted by atomic mass is 16.3. The number of nitrogen functional groups attached to an aromatic ring is 1. The Kier molecular flexibility index (Phi) is 2.63. The Morgan fingerprint density at radius 2 is 2.00 bits per heavy atom. The van der Waals surface area contributed by atoms with Gasteiger partial charge in [0.05, 0.1) is 16.7 Å². The number of nitrogens with zero attached hydrogens (tertiary/aromatic N) is 2. The molecule has 3 rings (SSSR count). The lowest BCUT2D eigenvalue weighted by molar-refractivity contribution is 0.478. The summed E-state index contributed by atoms with van der Waals surface area (Å²) in [7, 11) is 0. The van der Waals surface area contributed by atoms with Gasteiger partial charge in [-0.15, -0.1) is 0 Å². The smallest absolute Gasteiger partial charge is 0.141 e. The first-order valence-electron chi connectivity index (χ1n) is 6.25. The second-order valence-corrected chi connectivity index (χ2v) is 4.44. The Morgan fingerprint density at radius 1 is 1.21 bits per heavy atom. The SMILES string of the molecule is CCn1c(-c2ccc(O)c(N)c2)nc2ccccc21. The molecule has 0 atom stereocenters. The Morgan fingerprint density at radius 3 is 2.74 bits per heavy atom. The minimum absolute atomic E-state index is 0.0999. The van der Waals surface area contributed by atoms with Crippen molar-refractivity contribution in [1.82, 2.24) is 9.55 Å². The highest BCUT2D eigenvalue weighted by Crippen LogP contribution is 2.29. The van der Waals surface area contributed by atoms with Crippen molar-refractivity contribution in [3.8, 4) is 17.1 Å². The first-order chi connectivity index (χ1) is 9.20. The normalized spacial score (nSPS) is 11.0. The van der Waals surface area contributed by atoms with Gasteiger partial charge in [0, 0.05) is 12.1 Å². The van der Waals surface area contributed by atoms with Crippen LogP contribution in [0.15, 0.2) is 42.5 Å². The van der Waals surface area contributed by atoms with Crippen LogP contribution in [0.3, 0.4) is 0 Å². The largest absolute Gasteiger partial charge is 0.506 e. The molecule has 0 bridgehead atoms. The molecule has 1 aromatic heterocycles. The van der Waals surface area contributed by atoms with Gasteiger partial charge >= 0.3 is 0 Å².